The largest absolute Gasteiger partial charge is 0.382 e. The van der Waals surface area contributed by atoms with Crippen LogP contribution in [0.4, 0.5) is 15.9 Å². The van der Waals surface area contributed by atoms with Crippen molar-refractivity contribution in [2.75, 3.05) is 5.32 Å². The monoisotopic (exact) mass is 416 g/mol. The van der Waals surface area contributed by atoms with Crippen LogP contribution in [0.5, 0.6) is 0 Å². The number of nitriles is 1. The molecule has 0 spiro atoms. The lowest BCUT2D eigenvalue weighted by molar-refractivity contribution is -0.177. The molecule has 2 aromatic carbocycles. The molecule has 0 aliphatic heterocycles. The van der Waals surface area contributed by atoms with Gasteiger partial charge in [-0.05, 0) is 36.2 Å². The molecule has 0 bridgehead atoms. The maximum absolute atomic E-state index is 12.5. The summed E-state index contributed by atoms with van der Waals surface area (Å²) in [7, 11) is 0. The number of nitrogens with one attached hydrogen (secondary N) is 1. The highest BCUT2D eigenvalue weighted by atomic mass is 35.5. The summed E-state index contributed by atoms with van der Waals surface area (Å²) in [6, 6.07) is 11.7. The zero-order valence-corrected chi connectivity index (χ0v) is 17.3. The zero-order valence-electron chi connectivity index (χ0n) is 16.5. The average molecular weight is 417 g/mol. The number of carbonyl (C=O) groups excluding carboxylic acids is 2. The van der Waals surface area contributed by atoms with Crippen molar-refractivity contribution >= 4 is 34.7 Å². The van der Waals surface area contributed by atoms with Gasteiger partial charge < -0.3 is 5.32 Å². The second kappa shape index (κ2) is 11.6. The average Bonchev–Trinajstić information content (AvgIpc) is 2.72. The molecular weight excluding hydrogens is 395 g/mol. The fraction of sp³-hybridized carbons (Fsp3) is 0.227. The molecule has 0 aromatic heterocycles. The minimum Gasteiger partial charge on any atom is -0.355 e. The molecule has 7 heteroatoms. The number of carbonyl (C=O) groups is 2. The highest BCUT2D eigenvalue weighted by Crippen LogP contribution is 2.29. The van der Waals surface area contributed by atoms with Gasteiger partial charge in [0.25, 0.3) is 0 Å². The topological polar surface area (TPSA) is 79.2 Å². The SMILES string of the molecule is C=C(C(=O)OF)C(=O)c1c(C#N)cccc1Nc1ccc(CC)c(Cl)c1.CCC. The zero-order chi connectivity index (χ0) is 22.0. The van der Waals surface area contributed by atoms with Gasteiger partial charge in [-0.15, -0.1) is 0 Å². The summed E-state index contributed by atoms with van der Waals surface area (Å²) in [6.07, 6.45) is 2.01. The van der Waals surface area contributed by atoms with Crippen molar-refractivity contribution < 1.29 is 19.1 Å². The Morgan fingerprint density at radius 3 is 2.41 bits per heavy atom. The number of hydrogen-bond acceptors (Lipinski definition) is 5. The summed E-state index contributed by atoms with van der Waals surface area (Å²) in [4.78, 5) is 26.8. The van der Waals surface area contributed by atoms with Crippen LogP contribution in [0.1, 0.15) is 48.7 Å². The van der Waals surface area contributed by atoms with E-state index in [1.165, 1.54) is 12.5 Å². The van der Waals surface area contributed by atoms with Gasteiger partial charge in [0.1, 0.15) is 5.57 Å². The standard InChI is InChI=1S/C19H14ClFN2O3.C3H8/c1-3-12-7-8-14(9-15(12)20)23-16-6-4-5-13(10-22)17(16)18(24)11(2)19(25)26-21;1-3-2/h4-9,23H,2-3H2,1H3;3H2,1-2H3. The molecule has 0 saturated heterocycles. The van der Waals surface area contributed by atoms with Crippen LogP contribution in [0.25, 0.3) is 0 Å². The number of aryl methyl sites for hydroxylation is 1. The molecule has 0 unspecified atom stereocenters. The van der Waals surface area contributed by atoms with E-state index in [4.69, 9.17) is 11.6 Å². The summed E-state index contributed by atoms with van der Waals surface area (Å²) in [6.45, 7) is 9.46. The lowest BCUT2D eigenvalue weighted by atomic mass is 9.97. The van der Waals surface area contributed by atoms with Crippen molar-refractivity contribution in [3.63, 3.8) is 0 Å². The minimum absolute atomic E-state index is 0.00378. The first kappa shape index (κ1) is 23.9. The number of ketones is 1. The number of rotatable bonds is 6. The van der Waals surface area contributed by atoms with Crippen LogP contribution >= 0.6 is 11.6 Å². The smallest absolute Gasteiger partial charge is 0.355 e. The van der Waals surface area contributed by atoms with Crippen molar-refractivity contribution in [1.82, 2.24) is 0 Å². The molecule has 2 aromatic rings. The van der Waals surface area contributed by atoms with E-state index in [0.29, 0.717) is 10.7 Å². The van der Waals surface area contributed by atoms with Crippen LogP contribution in [0.2, 0.25) is 5.02 Å². The van der Waals surface area contributed by atoms with Gasteiger partial charge in [0.15, 0.2) is 0 Å². The van der Waals surface area contributed by atoms with Gasteiger partial charge in [0.2, 0.25) is 5.78 Å². The molecule has 152 valence electrons. The van der Waals surface area contributed by atoms with Crippen molar-refractivity contribution in [2.24, 2.45) is 0 Å². The van der Waals surface area contributed by atoms with Gasteiger partial charge in [-0.3, -0.25) is 4.79 Å². The van der Waals surface area contributed by atoms with Gasteiger partial charge in [-0.1, -0.05) is 57.5 Å². The van der Waals surface area contributed by atoms with E-state index in [-0.39, 0.29) is 16.8 Å². The third-order valence-corrected chi connectivity index (χ3v) is 4.07. The Balaban J connectivity index is 0.00000132. The summed E-state index contributed by atoms with van der Waals surface area (Å²) >= 11 is 6.19. The number of Topliss-reactive ketones (excluding diaryl/α,β-unsaturated/α-hetero) is 1. The summed E-state index contributed by atoms with van der Waals surface area (Å²) < 4.78 is 12.1. The first-order valence-electron chi connectivity index (χ1n) is 8.99. The van der Waals surface area contributed by atoms with Gasteiger partial charge in [0, 0.05) is 15.2 Å². The van der Waals surface area contributed by atoms with Crippen LogP contribution in [-0.4, -0.2) is 11.8 Å². The Morgan fingerprint density at radius 2 is 1.90 bits per heavy atom. The molecular formula is C22H22ClFN2O3. The molecule has 0 aliphatic rings. The molecule has 5 nitrogen and oxygen atoms in total. The maximum Gasteiger partial charge on any atom is 0.382 e. The van der Waals surface area contributed by atoms with E-state index >= 15 is 0 Å². The lowest BCUT2D eigenvalue weighted by Crippen LogP contribution is -2.15. The lowest BCUT2D eigenvalue weighted by Gasteiger charge is -2.14. The Bertz CT molecular complexity index is 952. The molecule has 2 rings (SSSR count). The molecule has 29 heavy (non-hydrogen) atoms. The fourth-order valence-corrected chi connectivity index (χ4v) is 2.67. The number of benzene rings is 2. The van der Waals surface area contributed by atoms with Gasteiger partial charge in [-0.2, -0.15) is 5.26 Å². The molecule has 0 aliphatic carbocycles. The first-order chi connectivity index (χ1) is 13.8. The number of halogens is 2. The predicted octanol–water partition coefficient (Wildman–Crippen LogP) is 6.10. The second-order valence-corrected chi connectivity index (χ2v) is 6.41. The quantitative estimate of drug-likeness (QED) is 0.266. The molecule has 0 heterocycles. The van der Waals surface area contributed by atoms with E-state index in [1.54, 1.807) is 24.3 Å². The maximum atomic E-state index is 12.5. The van der Waals surface area contributed by atoms with Crippen LogP contribution in [0.3, 0.4) is 0 Å². The van der Waals surface area contributed by atoms with Gasteiger partial charge in [-0.25, -0.2) is 9.74 Å². The van der Waals surface area contributed by atoms with Crippen LogP contribution < -0.4 is 5.32 Å². The van der Waals surface area contributed by atoms with E-state index in [1.807, 2.05) is 19.1 Å². The van der Waals surface area contributed by atoms with Crippen molar-refractivity contribution in [3.05, 3.63) is 70.3 Å². The number of hydrogen-bond donors (Lipinski definition) is 1. The van der Waals surface area contributed by atoms with Crippen LogP contribution in [0, 0.1) is 11.3 Å². The molecule has 1 N–H and O–H groups in total. The van der Waals surface area contributed by atoms with Crippen molar-refractivity contribution in [1.29, 1.82) is 5.26 Å². The Morgan fingerprint density at radius 1 is 1.24 bits per heavy atom. The third-order valence-electron chi connectivity index (χ3n) is 3.72. The Hall–Kier alpha value is -3.17. The molecule has 0 fully saturated rings. The third kappa shape index (κ3) is 6.16. The normalized spacial score (nSPS) is 9.52. The van der Waals surface area contributed by atoms with E-state index in [9.17, 15) is 19.4 Å². The fourth-order valence-electron chi connectivity index (χ4n) is 2.35. The van der Waals surface area contributed by atoms with Gasteiger partial charge in [0.05, 0.1) is 22.9 Å². The van der Waals surface area contributed by atoms with E-state index in [2.05, 4.69) is 30.7 Å². The summed E-state index contributed by atoms with van der Waals surface area (Å²) in [5, 5.41) is 12.8. The second-order valence-electron chi connectivity index (χ2n) is 6.00. The van der Waals surface area contributed by atoms with Crippen LogP contribution in [0.15, 0.2) is 48.6 Å². The summed E-state index contributed by atoms with van der Waals surface area (Å²) in [5.74, 6) is -2.42. The van der Waals surface area contributed by atoms with E-state index in [0.717, 1.165) is 12.0 Å². The predicted molar refractivity (Wildman–Crippen MR) is 112 cm³/mol. The van der Waals surface area contributed by atoms with E-state index < -0.39 is 17.3 Å². The number of nitrogens with zero attached hydrogens (tertiary/aromatic N) is 1. The Labute approximate surface area is 174 Å². The molecule has 0 saturated carbocycles. The Kier molecular flexibility index (Phi) is 9.57. The van der Waals surface area contributed by atoms with Crippen molar-refractivity contribution in [3.8, 4) is 6.07 Å². The number of anilines is 2. The van der Waals surface area contributed by atoms with Crippen molar-refractivity contribution in [2.45, 2.75) is 33.6 Å². The minimum atomic E-state index is -1.51. The molecule has 0 atom stereocenters. The first-order valence-corrected chi connectivity index (χ1v) is 9.37. The van der Waals surface area contributed by atoms with Crippen LogP contribution in [-0.2, 0) is 16.2 Å². The summed E-state index contributed by atoms with van der Waals surface area (Å²) in [5.41, 5.74) is 0.957. The van der Waals surface area contributed by atoms with Gasteiger partial charge >= 0.3 is 5.97 Å². The molecule has 0 radical (unpaired) electrons. The highest BCUT2D eigenvalue weighted by Gasteiger charge is 2.25. The molecule has 0 amide bonds. The highest BCUT2D eigenvalue weighted by molar-refractivity contribution is 6.31.